The van der Waals surface area contributed by atoms with E-state index in [1.165, 1.54) is 12.1 Å². The topological polar surface area (TPSA) is 79.0 Å². The highest BCUT2D eigenvalue weighted by Gasteiger charge is 2.35. The molecule has 8 heteroatoms. The highest BCUT2D eigenvalue weighted by atomic mass is 19.1. The van der Waals surface area contributed by atoms with Crippen LogP contribution in [-0.2, 0) is 9.59 Å². The van der Waals surface area contributed by atoms with Crippen LogP contribution in [0, 0.1) is 5.82 Å². The Kier molecular flexibility index (Phi) is 5.39. The zero-order valence-electron chi connectivity index (χ0n) is 16.6. The summed E-state index contributed by atoms with van der Waals surface area (Å²) in [6.45, 7) is 1.56. The van der Waals surface area contributed by atoms with Crippen molar-refractivity contribution in [3.05, 3.63) is 59.4 Å². The van der Waals surface area contributed by atoms with Crippen LogP contribution in [0.3, 0.4) is 0 Å². The summed E-state index contributed by atoms with van der Waals surface area (Å²) in [6, 6.07) is 11.0. The van der Waals surface area contributed by atoms with Crippen molar-refractivity contribution in [2.45, 2.75) is 12.3 Å². The highest BCUT2D eigenvalue weighted by molar-refractivity contribution is 6.01. The van der Waals surface area contributed by atoms with Gasteiger partial charge in [0.1, 0.15) is 11.6 Å². The van der Waals surface area contributed by atoms with Gasteiger partial charge in [-0.1, -0.05) is 12.1 Å². The van der Waals surface area contributed by atoms with E-state index in [0.29, 0.717) is 48.7 Å². The lowest BCUT2D eigenvalue weighted by atomic mass is 9.89. The number of anilines is 1. The molecule has 1 fully saturated rings. The Labute approximate surface area is 173 Å². The first kappa shape index (κ1) is 19.9. The van der Waals surface area contributed by atoms with E-state index < -0.39 is 11.7 Å². The number of hydrogen-bond acceptors (Lipinski definition) is 4. The molecule has 2 heterocycles. The smallest absolute Gasteiger partial charge is 0.254 e. The van der Waals surface area contributed by atoms with Crippen molar-refractivity contribution >= 4 is 23.4 Å². The summed E-state index contributed by atoms with van der Waals surface area (Å²) in [5.41, 5.74) is 1.50. The van der Waals surface area contributed by atoms with Crippen molar-refractivity contribution in [1.82, 2.24) is 9.80 Å². The number of fused-ring (bicyclic) bond motifs is 1. The molecule has 156 valence electrons. The summed E-state index contributed by atoms with van der Waals surface area (Å²) in [4.78, 5) is 41.3. The second kappa shape index (κ2) is 8.14. The van der Waals surface area contributed by atoms with Gasteiger partial charge in [0.05, 0.1) is 13.0 Å². The van der Waals surface area contributed by atoms with E-state index in [1.807, 2.05) is 0 Å². The summed E-state index contributed by atoms with van der Waals surface area (Å²) in [5, 5.41) is 2.63. The molecule has 0 aliphatic carbocycles. The van der Waals surface area contributed by atoms with Gasteiger partial charge in [-0.25, -0.2) is 4.39 Å². The number of carbonyl (C=O) groups excluding carboxylic acids is 3. The first-order valence-electron chi connectivity index (χ1n) is 9.77. The minimum absolute atomic E-state index is 0.0282. The third-order valence-electron chi connectivity index (χ3n) is 5.55. The zero-order valence-corrected chi connectivity index (χ0v) is 16.6. The first-order valence-corrected chi connectivity index (χ1v) is 9.77. The molecule has 2 aromatic rings. The number of amides is 3. The molecule has 7 nitrogen and oxygen atoms in total. The summed E-state index contributed by atoms with van der Waals surface area (Å²) < 4.78 is 18.7. The largest absolute Gasteiger partial charge is 0.497 e. The number of hydrogen-bond donors (Lipinski definition) is 1. The van der Waals surface area contributed by atoms with Gasteiger partial charge >= 0.3 is 0 Å². The number of piperazine rings is 1. The van der Waals surface area contributed by atoms with Gasteiger partial charge in [-0.2, -0.15) is 0 Å². The number of nitrogens with zero attached hydrogens (tertiary/aromatic N) is 2. The third kappa shape index (κ3) is 3.85. The molecular weight excluding hydrogens is 389 g/mol. The van der Waals surface area contributed by atoms with Crippen molar-refractivity contribution in [2.24, 2.45) is 0 Å². The van der Waals surface area contributed by atoms with Crippen molar-refractivity contribution in [3.63, 3.8) is 0 Å². The summed E-state index contributed by atoms with van der Waals surface area (Å²) in [7, 11) is 1.55. The van der Waals surface area contributed by atoms with E-state index in [-0.39, 0.29) is 24.1 Å². The number of carbonyl (C=O) groups is 3. The number of nitrogens with one attached hydrogen (secondary N) is 1. The molecule has 1 N–H and O–H groups in total. The molecule has 30 heavy (non-hydrogen) atoms. The van der Waals surface area contributed by atoms with E-state index in [2.05, 4.69) is 5.32 Å². The zero-order chi connectivity index (χ0) is 21.3. The van der Waals surface area contributed by atoms with Crippen molar-refractivity contribution in [2.75, 3.05) is 38.6 Å². The predicted octanol–water partition coefficient (Wildman–Crippen LogP) is 2.24. The molecule has 4 rings (SSSR count). The Morgan fingerprint density at radius 3 is 2.53 bits per heavy atom. The van der Waals surface area contributed by atoms with Gasteiger partial charge in [0, 0.05) is 43.9 Å². The molecule has 2 aliphatic heterocycles. The summed E-state index contributed by atoms with van der Waals surface area (Å²) in [5.74, 6) is -1.09. The average Bonchev–Trinajstić information content (AvgIpc) is 2.77. The Balaban J connectivity index is 1.44. The van der Waals surface area contributed by atoms with E-state index >= 15 is 0 Å². The molecule has 0 spiro atoms. The fourth-order valence-corrected chi connectivity index (χ4v) is 3.95. The molecule has 1 saturated heterocycles. The lowest BCUT2D eigenvalue weighted by Crippen LogP contribution is -2.52. The first-order chi connectivity index (χ1) is 14.5. The van der Waals surface area contributed by atoms with E-state index in [4.69, 9.17) is 4.74 Å². The van der Waals surface area contributed by atoms with Crippen LogP contribution in [0.2, 0.25) is 0 Å². The van der Waals surface area contributed by atoms with Crippen LogP contribution in [0.1, 0.15) is 28.3 Å². The second-order valence-electron chi connectivity index (χ2n) is 7.39. The normalized spacial score (nSPS) is 18.5. The monoisotopic (exact) mass is 411 g/mol. The van der Waals surface area contributed by atoms with Gasteiger partial charge in [0.25, 0.3) is 5.91 Å². The predicted molar refractivity (Wildman–Crippen MR) is 108 cm³/mol. The van der Waals surface area contributed by atoms with Crippen LogP contribution >= 0.6 is 0 Å². The Bertz CT molecular complexity index is 1000. The Morgan fingerprint density at radius 1 is 1.07 bits per heavy atom. The van der Waals surface area contributed by atoms with E-state index in [1.54, 1.807) is 47.2 Å². The lowest BCUT2D eigenvalue weighted by molar-refractivity contribution is -0.136. The second-order valence-corrected chi connectivity index (χ2v) is 7.39. The summed E-state index contributed by atoms with van der Waals surface area (Å²) in [6.07, 6.45) is 0.0282. The minimum Gasteiger partial charge on any atom is -0.497 e. The van der Waals surface area contributed by atoms with Gasteiger partial charge in [-0.3, -0.25) is 14.4 Å². The molecule has 0 bridgehead atoms. The third-order valence-corrected chi connectivity index (χ3v) is 5.55. The van der Waals surface area contributed by atoms with Crippen LogP contribution in [0.25, 0.3) is 0 Å². The fraction of sp³-hybridized carbons (Fsp3) is 0.318. The van der Waals surface area contributed by atoms with E-state index in [9.17, 15) is 18.8 Å². The van der Waals surface area contributed by atoms with Crippen molar-refractivity contribution in [1.29, 1.82) is 0 Å². The molecule has 3 amide bonds. The van der Waals surface area contributed by atoms with Crippen LogP contribution < -0.4 is 10.1 Å². The number of halogens is 1. The SMILES string of the molecule is COc1cccc(C(=O)N2CCN(C(=O)C3CC(=O)Nc4cc(F)ccc43)CC2)c1. The van der Waals surface area contributed by atoms with Crippen LogP contribution in [0.5, 0.6) is 5.75 Å². The Hall–Kier alpha value is -3.42. The van der Waals surface area contributed by atoms with Crippen molar-refractivity contribution < 1.29 is 23.5 Å². The maximum absolute atomic E-state index is 13.5. The maximum atomic E-state index is 13.5. The summed E-state index contributed by atoms with van der Waals surface area (Å²) >= 11 is 0. The highest BCUT2D eigenvalue weighted by Crippen LogP contribution is 2.34. The van der Waals surface area contributed by atoms with Gasteiger partial charge < -0.3 is 19.9 Å². The van der Waals surface area contributed by atoms with Gasteiger partial charge in [0.15, 0.2) is 0 Å². The van der Waals surface area contributed by atoms with Crippen LogP contribution in [0.15, 0.2) is 42.5 Å². The van der Waals surface area contributed by atoms with Gasteiger partial charge in [0.2, 0.25) is 11.8 Å². The Morgan fingerprint density at radius 2 is 1.80 bits per heavy atom. The number of ether oxygens (including phenoxy) is 1. The molecule has 2 aromatic carbocycles. The number of benzene rings is 2. The van der Waals surface area contributed by atoms with Gasteiger partial charge in [-0.15, -0.1) is 0 Å². The average molecular weight is 411 g/mol. The molecule has 1 unspecified atom stereocenters. The van der Waals surface area contributed by atoms with E-state index in [0.717, 1.165) is 0 Å². The number of rotatable bonds is 3. The quantitative estimate of drug-likeness (QED) is 0.840. The maximum Gasteiger partial charge on any atom is 0.254 e. The van der Waals surface area contributed by atoms with Crippen LogP contribution in [0.4, 0.5) is 10.1 Å². The molecule has 0 radical (unpaired) electrons. The molecule has 2 aliphatic rings. The molecule has 1 atom stereocenters. The van der Waals surface area contributed by atoms with Crippen LogP contribution in [-0.4, -0.2) is 60.8 Å². The number of methoxy groups -OCH3 is 1. The van der Waals surface area contributed by atoms with Crippen molar-refractivity contribution in [3.8, 4) is 5.75 Å². The molecule has 0 aromatic heterocycles. The molecule has 0 saturated carbocycles. The standard InChI is InChI=1S/C22H22FN3O4/c1-30-16-4-2-3-14(11-16)21(28)25-7-9-26(10-8-25)22(29)18-13-20(27)24-19-12-15(23)5-6-17(18)19/h2-6,11-12,18H,7-10,13H2,1H3,(H,24,27). The minimum atomic E-state index is -0.644. The lowest BCUT2D eigenvalue weighted by Gasteiger charge is -2.37. The van der Waals surface area contributed by atoms with Gasteiger partial charge in [-0.05, 0) is 35.9 Å². The molecular formula is C22H22FN3O4. The fourth-order valence-electron chi connectivity index (χ4n) is 3.95.